The molecule has 0 spiro atoms. The summed E-state index contributed by atoms with van der Waals surface area (Å²) in [7, 11) is -3.57. The second-order valence-corrected chi connectivity index (χ2v) is 6.99. The van der Waals surface area contributed by atoms with Gasteiger partial charge in [-0.3, -0.25) is 4.72 Å². The predicted molar refractivity (Wildman–Crippen MR) is 78.9 cm³/mol. The minimum atomic E-state index is -3.57. The third-order valence-corrected chi connectivity index (χ3v) is 5.34. The SMILES string of the molecule is Cc1ccc(C)c(NS(=O)(=O)c2ccsc2CN)c1. The van der Waals surface area contributed by atoms with Crippen molar-refractivity contribution in [3.63, 3.8) is 0 Å². The highest BCUT2D eigenvalue weighted by Gasteiger charge is 2.19. The number of nitrogens with two attached hydrogens (primary N) is 1. The number of aryl methyl sites for hydroxylation is 2. The Morgan fingerprint density at radius 1 is 1.26 bits per heavy atom. The molecule has 4 nitrogen and oxygen atoms in total. The van der Waals surface area contributed by atoms with Gasteiger partial charge in [0.15, 0.2) is 0 Å². The Balaban J connectivity index is 2.39. The summed E-state index contributed by atoms with van der Waals surface area (Å²) in [6.07, 6.45) is 0. The van der Waals surface area contributed by atoms with Crippen LogP contribution in [0.3, 0.4) is 0 Å². The molecule has 0 aliphatic carbocycles. The first-order valence-corrected chi connectivity index (χ1v) is 8.17. The second kappa shape index (κ2) is 5.32. The van der Waals surface area contributed by atoms with E-state index in [1.54, 1.807) is 11.4 Å². The van der Waals surface area contributed by atoms with Crippen LogP contribution in [-0.4, -0.2) is 8.42 Å². The molecule has 0 fully saturated rings. The van der Waals surface area contributed by atoms with Crippen LogP contribution in [-0.2, 0) is 16.6 Å². The lowest BCUT2D eigenvalue weighted by Gasteiger charge is -2.11. The molecule has 0 saturated carbocycles. The first-order valence-electron chi connectivity index (χ1n) is 5.80. The third kappa shape index (κ3) is 2.97. The summed E-state index contributed by atoms with van der Waals surface area (Å²) in [5, 5.41) is 1.74. The van der Waals surface area contributed by atoms with Crippen LogP contribution in [0.15, 0.2) is 34.5 Å². The van der Waals surface area contributed by atoms with Gasteiger partial charge in [-0.1, -0.05) is 12.1 Å². The van der Waals surface area contributed by atoms with Gasteiger partial charge >= 0.3 is 0 Å². The van der Waals surface area contributed by atoms with E-state index in [2.05, 4.69) is 4.72 Å². The lowest BCUT2D eigenvalue weighted by Crippen LogP contribution is -2.15. The first kappa shape index (κ1) is 14.0. The maximum absolute atomic E-state index is 12.3. The third-order valence-electron chi connectivity index (χ3n) is 2.82. The maximum Gasteiger partial charge on any atom is 0.263 e. The maximum atomic E-state index is 12.3. The van der Waals surface area contributed by atoms with Gasteiger partial charge in [0.05, 0.1) is 5.69 Å². The molecule has 0 saturated heterocycles. The van der Waals surface area contributed by atoms with Crippen molar-refractivity contribution in [2.45, 2.75) is 25.3 Å². The summed E-state index contributed by atoms with van der Waals surface area (Å²) in [6, 6.07) is 7.25. The molecule has 19 heavy (non-hydrogen) atoms. The number of anilines is 1. The highest BCUT2D eigenvalue weighted by molar-refractivity contribution is 7.93. The molecule has 0 amide bonds. The van der Waals surface area contributed by atoms with Crippen molar-refractivity contribution in [3.8, 4) is 0 Å². The number of rotatable bonds is 4. The van der Waals surface area contributed by atoms with Gasteiger partial charge in [-0.25, -0.2) is 8.42 Å². The minimum absolute atomic E-state index is 0.223. The van der Waals surface area contributed by atoms with Crippen molar-refractivity contribution >= 4 is 27.0 Å². The van der Waals surface area contributed by atoms with E-state index in [9.17, 15) is 8.42 Å². The Morgan fingerprint density at radius 2 is 2.00 bits per heavy atom. The minimum Gasteiger partial charge on any atom is -0.326 e. The van der Waals surface area contributed by atoms with Crippen LogP contribution < -0.4 is 10.5 Å². The Bertz CT molecular complexity index is 690. The van der Waals surface area contributed by atoms with Crippen LogP contribution in [0.1, 0.15) is 16.0 Å². The zero-order valence-electron chi connectivity index (χ0n) is 10.8. The van der Waals surface area contributed by atoms with E-state index in [0.29, 0.717) is 10.6 Å². The van der Waals surface area contributed by atoms with E-state index in [1.807, 2.05) is 32.0 Å². The Kier molecular flexibility index (Phi) is 3.93. The van der Waals surface area contributed by atoms with Crippen molar-refractivity contribution in [1.29, 1.82) is 0 Å². The molecule has 102 valence electrons. The van der Waals surface area contributed by atoms with Crippen molar-refractivity contribution in [1.82, 2.24) is 0 Å². The highest BCUT2D eigenvalue weighted by atomic mass is 32.2. The molecule has 1 aromatic carbocycles. The molecule has 1 heterocycles. The molecule has 2 aromatic rings. The molecule has 1 aromatic heterocycles. The zero-order chi connectivity index (χ0) is 14.0. The van der Waals surface area contributed by atoms with Gasteiger partial charge in [-0.2, -0.15) is 0 Å². The smallest absolute Gasteiger partial charge is 0.263 e. The van der Waals surface area contributed by atoms with E-state index in [-0.39, 0.29) is 11.4 Å². The van der Waals surface area contributed by atoms with Crippen LogP contribution in [0, 0.1) is 13.8 Å². The van der Waals surface area contributed by atoms with Crippen molar-refractivity contribution in [2.75, 3.05) is 4.72 Å². The van der Waals surface area contributed by atoms with Crippen LogP contribution in [0.2, 0.25) is 0 Å². The quantitative estimate of drug-likeness (QED) is 0.911. The summed E-state index contributed by atoms with van der Waals surface area (Å²) in [4.78, 5) is 0.929. The highest BCUT2D eigenvalue weighted by Crippen LogP contribution is 2.25. The monoisotopic (exact) mass is 296 g/mol. The second-order valence-electron chi connectivity index (χ2n) is 4.34. The number of thiophene rings is 1. The predicted octanol–water partition coefficient (Wildman–Crippen LogP) is 2.62. The van der Waals surface area contributed by atoms with Crippen LogP contribution >= 0.6 is 11.3 Å². The van der Waals surface area contributed by atoms with Gasteiger partial charge in [0.1, 0.15) is 4.90 Å². The van der Waals surface area contributed by atoms with E-state index in [4.69, 9.17) is 5.73 Å². The Labute approximate surface area is 117 Å². The lowest BCUT2D eigenvalue weighted by molar-refractivity contribution is 0.600. The van der Waals surface area contributed by atoms with Crippen molar-refractivity contribution in [3.05, 3.63) is 45.6 Å². The molecule has 0 aliphatic rings. The van der Waals surface area contributed by atoms with E-state index in [0.717, 1.165) is 11.1 Å². The standard InChI is InChI=1S/C13H16N2O2S2/c1-9-3-4-10(2)11(7-9)15-19(16,17)13-5-6-18-12(13)8-14/h3-7,15H,8,14H2,1-2H3. The fourth-order valence-electron chi connectivity index (χ4n) is 1.76. The molecule has 6 heteroatoms. The van der Waals surface area contributed by atoms with Crippen LogP contribution in [0.5, 0.6) is 0 Å². The average Bonchev–Trinajstić information content (AvgIpc) is 2.82. The average molecular weight is 296 g/mol. The molecule has 2 rings (SSSR count). The molecule has 0 radical (unpaired) electrons. The number of sulfonamides is 1. The van der Waals surface area contributed by atoms with Gasteiger partial charge in [0.2, 0.25) is 0 Å². The summed E-state index contributed by atoms with van der Waals surface area (Å²) in [5.74, 6) is 0. The summed E-state index contributed by atoms with van der Waals surface area (Å²) >= 11 is 1.35. The fourth-order valence-corrected chi connectivity index (χ4v) is 4.22. The molecular weight excluding hydrogens is 280 g/mol. The lowest BCUT2D eigenvalue weighted by atomic mass is 10.1. The summed E-state index contributed by atoms with van der Waals surface area (Å²) in [5.41, 5.74) is 8.06. The molecule has 0 unspecified atom stereocenters. The Morgan fingerprint density at radius 3 is 2.68 bits per heavy atom. The van der Waals surface area contributed by atoms with Crippen LogP contribution in [0.25, 0.3) is 0 Å². The normalized spacial score (nSPS) is 11.5. The molecule has 0 bridgehead atoms. The van der Waals surface area contributed by atoms with E-state index < -0.39 is 10.0 Å². The topological polar surface area (TPSA) is 72.2 Å². The van der Waals surface area contributed by atoms with Gasteiger partial charge in [0, 0.05) is 11.4 Å². The number of hydrogen-bond donors (Lipinski definition) is 2. The van der Waals surface area contributed by atoms with Gasteiger partial charge in [0.25, 0.3) is 10.0 Å². The van der Waals surface area contributed by atoms with Crippen molar-refractivity contribution in [2.24, 2.45) is 5.73 Å². The van der Waals surface area contributed by atoms with Crippen LogP contribution in [0.4, 0.5) is 5.69 Å². The van der Waals surface area contributed by atoms with E-state index in [1.165, 1.54) is 11.3 Å². The van der Waals surface area contributed by atoms with Crippen molar-refractivity contribution < 1.29 is 8.42 Å². The summed E-state index contributed by atoms with van der Waals surface area (Å²) in [6.45, 7) is 4.02. The summed E-state index contributed by atoms with van der Waals surface area (Å²) < 4.78 is 27.3. The Hall–Kier alpha value is -1.37. The first-order chi connectivity index (χ1) is 8.94. The fraction of sp³-hybridized carbons (Fsp3) is 0.231. The molecule has 0 atom stereocenters. The van der Waals surface area contributed by atoms with Gasteiger partial charge in [-0.05, 0) is 42.5 Å². The zero-order valence-corrected chi connectivity index (χ0v) is 12.4. The largest absolute Gasteiger partial charge is 0.326 e. The molecule has 3 N–H and O–H groups in total. The van der Waals surface area contributed by atoms with E-state index >= 15 is 0 Å². The van der Waals surface area contributed by atoms with Gasteiger partial charge in [-0.15, -0.1) is 11.3 Å². The molecule has 0 aliphatic heterocycles. The number of nitrogens with one attached hydrogen (secondary N) is 1. The number of hydrogen-bond acceptors (Lipinski definition) is 4. The number of benzene rings is 1. The molecular formula is C13H16N2O2S2. The van der Waals surface area contributed by atoms with Gasteiger partial charge < -0.3 is 5.73 Å².